The summed E-state index contributed by atoms with van der Waals surface area (Å²) in [5.41, 5.74) is 1.59. The molecule has 2 aromatic carbocycles. The summed E-state index contributed by atoms with van der Waals surface area (Å²) in [5, 5.41) is 12.8. The van der Waals surface area contributed by atoms with E-state index in [1.54, 1.807) is 19.1 Å². The second-order valence-corrected chi connectivity index (χ2v) is 6.72. The van der Waals surface area contributed by atoms with E-state index >= 15 is 0 Å². The van der Waals surface area contributed by atoms with E-state index < -0.39 is 17.8 Å². The van der Waals surface area contributed by atoms with Crippen LogP contribution in [0.4, 0.5) is 4.39 Å². The van der Waals surface area contributed by atoms with Crippen molar-refractivity contribution in [1.82, 2.24) is 20.8 Å². The van der Waals surface area contributed by atoms with Crippen LogP contribution in [0.25, 0.3) is 10.9 Å². The molecule has 1 atom stereocenters. The van der Waals surface area contributed by atoms with Crippen LogP contribution in [0.5, 0.6) is 0 Å². The lowest BCUT2D eigenvalue weighted by molar-refractivity contribution is -0.122. The third kappa shape index (κ3) is 4.08. The van der Waals surface area contributed by atoms with E-state index in [0.29, 0.717) is 15.4 Å². The second-order valence-electron chi connectivity index (χ2n) is 5.81. The monoisotopic (exact) mass is 418 g/mol. The Bertz CT molecular complexity index is 952. The molecule has 0 bridgehead atoms. The zero-order valence-corrected chi connectivity index (χ0v) is 15.4. The first-order chi connectivity index (χ1) is 12.4. The Morgan fingerprint density at radius 1 is 1.27 bits per heavy atom. The summed E-state index contributed by atoms with van der Waals surface area (Å²) in [7, 11) is 0. The molecule has 6 nitrogen and oxygen atoms in total. The highest BCUT2D eigenvalue weighted by Crippen LogP contribution is 2.16. The molecule has 8 heteroatoms. The fourth-order valence-corrected chi connectivity index (χ4v) is 3.04. The molecule has 26 heavy (non-hydrogen) atoms. The van der Waals surface area contributed by atoms with E-state index in [0.717, 1.165) is 5.52 Å². The summed E-state index contributed by atoms with van der Waals surface area (Å²) in [6, 6.07) is 10.8. The molecule has 0 radical (unpaired) electrons. The van der Waals surface area contributed by atoms with E-state index in [4.69, 9.17) is 0 Å². The number of nitrogens with one attached hydrogen (secondary N) is 3. The Morgan fingerprint density at radius 3 is 2.81 bits per heavy atom. The van der Waals surface area contributed by atoms with Gasteiger partial charge in [0, 0.05) is 16.4 Å². The number of aromatic nitrogens is 2. The van der Waals surface area contributed by atoms with Gasteiger partial charge in [-0.15, -0.1) is 0 Å². The topological polar surface area (TPSA) is 86.9 Å². The molecule has 3 aromatic rings. The van der Waals surface area contributed by atoms with Crippen molar-refractivity contribution in [2.45, 2.75) is 19.5 Å². The number of para-hydroxylation sites is 1. The van der Waals surface area contributed by atoms with Crippen molar-refractivity contribution in [3.8, 4) is 0 Å². The molecule has 0 saturated carbocycles. The summed E-state index contributed by atoms with van der Waals surface area (Å²) in [4.78, 5) is 24.6. The smallest absolute Gasteiger partial charge is 0.273 e. The van der Waals surface area contributed by atoms with E-state index in [-0.39, 0.29) is 18.1 Å². The minimum atomic E-state index is -0.769. The molecule has 2 amide bonds. The summed E-state index contributed by atoms with van der Waals surface area (Å²) < 4.78 is 13.9. The standard InChI is InChI=1S/C18H16BrFN4O2/c1-10(17(25)21-9-11-6-12(19)8-13(20)7-11)22-18(26)16-14-4-2-3-5-15(14)23-24-16/h2-8,10H,9H2,1H3,(H,21,25)(H,22,26)(H,23,24). The first-order valence-electron chi connectivity index (χ1n) is 7.90. The fourth-order valence-electron chi connectivity index (χ4n) is 2.52. The van der Waals surface area contributed by atoms with Gasteiger partial charge in [0.15, 0.2) is 5.69 Å². The van der Waals surface area contributed by atoms with Crippen LogP contribution in [0, 0.1) is 5.82 Å². The first-order valence-corrected chi connectivity index (χ1v) is 8.70. The summed E-state index contributed by atoms with van der Waals surface area (Å²) in [6.07, 6.45) is 0. The predicted molar refractivity (Wildman–Crippen MR) is 99.0 cm³/mol. The van der Waals surface area contributed by atoms with Crippen molar-refractivity contribution >= 4 is 38.6 Å². The van der Waals surface area contributed by atoms with Gasteiger partial charge in [0.1, 0.15) is 11.9 Å². The molecule has 0 fully saturated rings. The number of rotatable bonds is 5. The van der Waals surface area contributed by atoms with E-state index in [1.165, 1.54) is 12.1 Å². The first kappa shape index (κ1) is 18.1. The number of hydrogen-bond donors (Lipinski definition) is 3. The average molecular weight is 419 g/mol. The number of nitrogens with zero attached hydrogens (tertiary/aromatic N) is 1. The lowest BCUT2D eigenvalue weighted by atomic mass is 10.2. The maximum Gasteiger partial charge on any atom is 0.273 e. The Morgan fingerprint density at radius 2 is 2.04 bits per heavy atom. The number of benzene rings is 2. The molecule has 134 valence electrons. The van der Waals surface area contributed by atoms with Crippen LogP contribution in [0.2, 0.25) is 0 Å². The molecule has 0 aliphatic heterocycles. The van der Waals surface area contributed by atoms with Gasteiger partial charge in [-0.05, 0) is 36.8 Å². The minimum absolute atomic E-state index is 0.154. The molecule has 1 aromatic heterocycles. The normalized spacial score (nSPS) is 12.0. The highest BCUT2D eigenvalue weighted by Gasteiger charge is 2.19. The minimum Gasteiger partial charge on any atom is -0.350 e. The van der Waals surface area contributed by atoms with Crippen molar-refractivity contribution in [2.75, 3.05) is 0 Å². The number of aromatic amines is 1. The predicted octanol–water partition coefficient (Wildman–Crippen LogP) is 2.90. The Labute approximate surface area is 157 Å². The van der Waals surface area contributed by atoms with Crippen molar-refractivity contribution in [3.05, 3.63) is 64.0 Å². The van der Waals surface area contributed by atoms with E-state index in [1.807, 2.05) is 18.2 Å². The summed E-state index contributed by atoms with van der Waals surface area (Å²) >= 11 is 3.20. The molecule has 3 N–H and O–H groups in total. The zero-order valence-electron chi connectivity index (χ0n) is 13.8. The van der Waals surface area contributed by atoms with Gasteiger partial charge in [0.25, 0.3) is 5.91 Å². The van der Waals surface area contributed by atoms with Crippen molar-refractivity contribution < 1.29 is 14.0 Å². The molecule has 0 saturated heterocycles. The van der Waals surface area contributed by atoms with Crippen LogP contribution in [-0.4, -0.2) is 28.1 Å². The largest absolute Gasteiger partial charge is 0.350 e. The second kappa shape index (κ2) is 7.65. The molecule has 1 unspecified atom stereocenters. The average Bonchev–Trinajstić information content (AvgIpc) is 3.03. The van der Waals surface area contributed by atoms with Crippen molar-refractivity contribution in [1.29, 1.82) is 0 Å². The number of carbonyl (C=O) groups excluding carboxylic acids is 2. The van der Waals surface area contributed by atoms with Crippen LogP contribution in [0.1, 0.15) is 23.0 Å². The number of H-pyrrole nitrogens is 1. The maximum absolute atomic E-state index is 13.4. The third-order valence-electron chi connectivity index (χ3n) is 3.82. The molecule has 0 spiro atoms. The fraction of sp³-hybridized carbons (Fsp3) is 0.167. The lowest BCUT2D eigenvalue weighted by Gasteiger charge is -2.14. The van der Waals surface area contributed by atoms with E-state index in [2.05, 4.69) is 36.8 Å². The summed E-state index contributed by atoms with van der Waals surface area (Å²) in [6.45, 7) is 1.73. The van der Waals surface area contributed by atoms with Crippen LogP contribution in [0.3, 0.4) is 0 Å². The van der Waals surface area contributed by atoms with Crippen LogP contribution in [0.15, 0.2) is 46.9 Å². The Kier molecular flexibility index (Phi) is 5.32. The summed E-state index contributed by atoms with van der Waals surface area (Å²) in [5.74, 6) is -1.22. The van der Waals surface area contributed by atoms with Gasteiger partial charge in [-0.25, -0.2) is 4.39 Å². The number of amides is 2. The van der Waals surface area contributed by atoms with Gasteiger partial charge in [-0.3, -0.25) is 14.7 Å². The van der Waals surface area contributed by atoms with Gasteiger partial charge in [-0.1, -0.05) is 34.1 Å². The zero-order chi connectivity index (χ0) is 18.7. The molecule has 0 aliphatic carbocycles. The van der Waals surface area contributed by atoms with Crippen LogP contribution < -0.4 is 10.6 Å². The van der Waals surface area contributed by atoms with Crippen molar-refractivity contribution in [3.63, 3.8) is 0 Å². The van der Waals surface area contributed by atoms with Crippen LogP contribution in [-0.2, 0) is 11.3 Å². The van der Waals surface area contributed by atoms with Crippen LogP contribution >= 0.6 is 15.9 Å². The number of halogens is 2. The lowest BCUT2D eigenvalue weighted by Crippen LogP contribution is -2.44. The van der Waals surface area contributed by atoms with Gasteiger partial charge in [0.05, 0.1) is 5.52 Å². The SMILES string of the molecule is CC(NC(=O)c1n[nH]c2ccccc12)C(=O)NCc1cc(F)cc(Br)c1. The van der Waals surface area contributed by atoms with Gasteiger partial charge >= 0.3 is 0 Å². The number of hydrogen-bond acceptors (Lipinski definition) is 3. The van der Waals surface area contributed by atoms with Gasteiger partial charge < -0.3 is 10.6 Å². The Balaban J connectivity index is 1.61. The number of fused-ring (bicyclic) bond motifs is 1. The maximum atomic E-state index is 13.4. The molecular formula is C18H16BrFN4O2. The highest BCUT2D eigenvalue weighted by molar-refractivity contribution is 9.10. The van der Waals surface area contributed by atoms with E-state index in [9.17, 15) is 14.0 Å². The van der Waals surface area contributed by atoms with Gasteiger partial charge in [0.2, 0.25) is 5.91 Å². The quantitative estimate of drug-likeness (QED) is 0.595. The number of carbonyl (C=O) groups is 2. The third-order valence-corrected chi connectivity index (χ3v) is 4.27. The van der Waals surface area contributed by atoms with Crippen molar-refractivity contribution in [2.24, 2.45) is 0 Å². The molecule has 1 heterocycles. The Hall–Kier alpha value is -2.74. The molecular weight excluding hydrogens is 403 g/mol. The molecule has 3 rings (SSSR count). The highest BCUT2D eigenvalue weighted by atomic mass is 79.9. The molecule has 0 aliphatic rings. The van der Waals surface area contributed by atoms with Gasteiger partial charge in [-0.2, -0.15) is 5.10 Å².